The number of nitrogens with zero attached hydrogens (tertiary/aromatic N) is 2. The van der Waals surface area contributed by atoms with Crippen molar-refractivity contribution in [1.82, 2.24) is 9.97 Å². The van der Waals surface area contributed by atoms with E-state index in [9.17, 15) is 0 Å². The van der Waals surface area contributed by atoms with Gasteiger partial charge in [0.05, 0.1) is 10.2 Å². The van der Waals surface area contributed by atoms with Gasteiger partial charge in [0.15, 0.2) is 0 Å². The third-order valence-electron chi connectivity index (χ3n) is 1.80. The van der Waals surface area contributed by atoms with Crippen LogP contribution in [0.2, 0.25) is 0 Å². The van der Waals surface area contributed by atoms with Crippen LogP contribution in [-0.4, -0.2) is 9.97 Å². The zero-order valence-electron chi connectivity index (χ0n) is 7.92. The predicted octanol–water partition coefficient (Wildman–Crippen LogP) is 4.51. The van der Waals surface area contributed by atoms with Crippen LogP contribution in [0, 0.1) is 0 Å². The van der Waals surface area contributed by atoms with Crippen molar-refractivity contribution in [3.8, 4) is 0 Å². The van der Waals surface area contributed by atoms with Crippen LogP contribution in [-0.2, 0) is 0 Å². The number of aromatic nitrogens is 2. The molecule has 3 nitrogen and oxygen atoms in total. The number of nitrogens with one attached hydrogen (secondary N) is 1. The molecule has 0 bridgehead atoms. The van der Waals surface area contributed by atoms with Crippen molar-refractivity contribution in [2.75, 3.05) is 5.32 Å². The Morgan fingerprint density at radius 3 is 2.25 bits per heavy atom. The minimum absolute atomic E-state index is 0.561. The van der Waals surface area contributed by atoms with Gasteiger partial charge in [0, 0.05) is 21.3 Å². The van der Waals surface area contributed by atoms with E-state index >= 15 is 0 Å². The zero-order chi connectivity index (χ0) is 11.5. The Balaban J connectivity index is 2.23. The summed E-state index contributed by atoms with van der Waals surface area (Å²) in [6, 6.07) is 5.85. The normalized spacial score (nSPS) is 10.2. The maximum absolute atomic E-state index is 4.14. The van der Waals surface area contributed by atoms with E-state index in [0.717, 1.165) is 19.1 Å². The van der Waals surface area contributed by atoms with Gasteiger partial charge in [-0.2, -0.15) is 0 Å². The lowest BCUT2D eigenvalue weighted by Crippen LogP contribution is -1.96. The summed E-state index contributed by atoms with van der Waals surface area (Å²) in [4.78, 5) is 8.27. The van der Waals surface area contributed by atoms with E-state index in [1.165, 1.54) is 0 Å². The highest BCUT2D eigenvalue weighted by atomic mass is 79.9. The second kappa shape index (κ2) is 5.25. The molecule has 0 spiro atoms. The van der Waals surface area contributed by atoms with Crippen molar-refractivity contribution in [1.29, 1.82) is 0 Å². The lowest BCUT2D eigenvalue weighted by Gasteiger charge is -2.06. The Morgan fingerprint density at radius 1 is 0.938 bits per heavy atom. The molecule has 82 valence electrons. The van der Waals surface area contributed by atoms with Crippen molar-refractivity contribution >= 4 is 59.4 Å². The topological polar surface area (TPSA) is 37.8 Å². The summed E-state index contributed by atoms with van der Waals surface area (Å²) in [6.45, 7) is 0. The molecule has 0 saturated carbocycles. The van der Waals surface area contributed by atoms with Crippen LogP contribution in [0.25, 0.3) is 0 Å². The minimum Gasteiger partial charge on any atom is -0.323 e. The first-order chi connectivity index (χ1) is 7.65. The molecule has 2 aromatic rings. The van der Waals surface area contributed by atoms with Crippen molar-refractivity contribution in [2.45, 2.75) is 0 Å². The Hall–Kier alpha value is -0.460. The Bertz CT molecular complexity index is 499. The number of rotatable bonds is 2. The van der Waals surface area contributed by atoms with Gasteiger partial charge in [-0.3, -0.25) is 0 Å². The summed E-state index contributed by atoms with van der Waals surface area (Å²) < 4.78 is 2.82. The number of benzene rings is 1. The van der Waals surface area contributed by atoms with E-state index in [0.29, 0.717) is 5.95 Å². The summed E-state index contributed by atoms with van der Waals surface area (Å²) >= 11 is 10.1. The average Bonchev–Trinajstić information content (AvgIpc) is 2.25. The third kappa shape index (κ3) is 3.02. The highest BCUT2D eigenvalue weighted by Crippen LogP contribution is 2.27. The largest absolute Gasteiger partial charge is 0.323 e. The molecule has 1 aromatic heterocycles. The van der Waals surface area contributed by atoms with Gasteiger partial charge in [0.25, 0.3) is 0 Å². The maximum Gasteiger partial charge on any atom is 0.227 e. The molecule has 0 aliphatic carbocycles. The molecule has 1 N–H and O–H groups in total. The number of halogens is 3. The van der Waals surface area contributed by atoms with Gasteiger partial charge in [0.2, 0.25) is 5.95 Å². The summed E-state index contributed by atoms with van der Waals surface area (Å²) in [5.74, 6) is 0.561. The SMILES string of the molecule is Brc1cnc(Nc2ccc(Br)cc2Br)nc1. The van der Waals surface area contributed by atoms with Crippen LogP contribution in [0.15, 0.2) is 44.0 Å². The zero-order valence-corrected chi connectivity index (χ0v) is 12.7. The first-order valence-electron chi connectivity index (χ1n) is 4.35. The Labute approximate surface area is 118 Å². The number of anilines is 2. The van der Waals surface area contributed by atoms with Crippen LogP contribution in [0.1, 0.15) is 0 Å². The van der Waals surface area contributed by atoms with Gasteiger partial charge in [-0.15, -0.1) is 0 Å². The average molecular weight is 408 g/mol. The third-order valence-corrected chi connectivity index (χ3v) is 3.36. The molecule has 16 heavy (non-hydrogen) atoms. The van der Waals surface area contributed by atoms with Gasteiger partial charge in [0.1, 0.15) is 0 Å². The molecular formula is C10H6Br3N3. The molecule has 1 heterocycles. The fourth-order valence-corrected chi connectivity index (χ4v) is 2.44. The summed E-state index contributed by atoms with van der Waals surface area (Å²) in [7, 11) is 0. The summed E-state index contributed by atoms with van der Waals surface area (Å²) in [6.07, 6.45) is 3.39. The molecule has 0 aliphatic rings. The first-order valence-corrected chi connectivity index (χ1v) is 6.72. The quantitative estimate of drug-likeness (QED) is 0.796. The van der Waals surface area contributed by atoms with Crippen LogP contribution in [0.5, 0.6) is 0 Å². The highest BCUT2D eigenvalue weighted by molar-refractivity contribution is 9.11. The minimum atomic E-state index is 0.561. The first kappa shape index (κ1) is 12.0. The van der Waals surface area contributed by atoms with Crippen LogP contribution >= 0.6 is 47.8 Å². The van der Waals surface area contributed by atoms with E-state index in [2.05, 4.69) is 63.1 Å². The number of hydrogen-bond donors (Lipinski definition) is 1. The fraction of sp³-hybridized carbons (Fsp3) is 0. The van der Waals surface area contributed by atoms with Crippen LogP contribution in [0.3, 0.4) is 0 Å². The second-order valence-corrected chi connectivity index (χ2v) is 5.66. The molecule has 1 aromatic carbocycles. The van der Waals surface area contributed by atoms with E-state index < -0.39 is 0 Å². The predicted molar refractivity (Wildman–Crippen MR) is 74.9 cm³/mol. The molecule has 0 saturated heterocycles. The smallest absolute Gasteiger partial charge is 0.227 e. The highest BCUT2D eigenvalue weighted by Gasteiger charge is 2.02. The molecule has 0 radical (unpaired) electrons. The molecular weight excluding hydrogens is 402 g/mol. The van der Waals surface area contributed by atoms with Gasteiger partial charge in [-0.25, -0.2) is 9.97 Å². The standard InChI is InChI=1S/C10H6Br3N3/c11-6-1-2-9(8(13)3-6)16-10-14-4-7(12)5-15-10/h1-5H,(H,14,15,16). The van der Waals surface area contributed by atoms with Crippen LogP contribution in [0.4, 0.5) is 11.6 Å². The van der Waals surface area contributed by atoms with Gasteiger partial charge in [-0.1, -0.05) is 15.9 Å². The van der Waals surface area contributed by atoms with E-state index in [-0.39, 0.29) is 0 Å². The molecule has 0 atom stereocenters. The summed E-state index contributed by atoms with van der Waals surface area (Å²) in [5.41, 5.74) is 0.922. The lowest BCUT2D eigenvalue weighted by atomic mass is 10.3. The van der Waals surface area contributed by atoms with Gasteiger partial charge in [-0.05, 0) is 50.1 Å². The lowest BCUT2D eigenvalue weighted by molar-refractivity contribution is 1.15. The van der Waals surface area contributed by atoms with Crippen molar-refractivity contribution in [3.63, 3.8) is 0 Å². The molecule has 2 rings (SSSR count). The molecule has 0 aliphatic heterocycles. The van der Waals surface area contributed by atoms with Gasteiger partial charge >= 0.3 is 0 Å². The molecule has 6 heteroatoms. The molecule has 0 fully saturated rings. The van der Waals surface area contributed by atoms with Crippen molar-refractivity contribution in [2.24, 2.45) is 0 Å². The van der Waals surface area contributed by atoms with Crippen molar-refractivity contribution in [3.05, 3.63) is 44.0 Å². The monoisotopic (exact) mass is 405 g/mol. The van der Waals surface area contributed by atoms with Gasteiger partial charge < -0.3 is 5.32 Å². The summed E-state index contributed by atoms with van der Waals surface area (Å²) in [5, 5.41) is 3.12. The Morgan fingerprint density at radius 2 is 1.62 bits per heavy atom. The molecule has 0 unspecified atom stereocenters. The maximum atomic E-state index is 4.14. The Kier molecular flexibility index (Phi) is 3.94. The number of hydrogen-bond acceptors (Lipinski definition) is 3. The van der Waals surface area contributed by atoms with E-state index in [1.807, 2.05) is 18.2 Å². The van der Waals surface area contributed by atoms with Crippen LogP contribution < -0.4 is 5.32 Å². The fourth-order valence-electron chi connectivity index (χ4n) is 1.09. The second-order valence-electron chi connectivity index (χ2n) is 2.97. The van der Waals surface area contributed by atoms with E-state index in [1.54, 1.807) is 12.4 Å². The molecule has 0 amide bonds. The van der Waals surface area contributed by atoms with Crippen molar-refractivity contribution < 1.29 is 0 Å². The van der Waals surface area contributed by atoms with E-state index in [4.69, 9.17) is 0 Å².